The highest BCUT2D eigenvalue weighted by molar-refractivity contribution is 5.75. The summed E-state index contributed by atoms with van der Waals surface area (Å²) in [6.07, 6.45) is 6.88. The molecule has 2 aromatic rings. The number of nitrogens with zero attached hydrogens (tertiary/aromatic N) is 1. The fraction of sp³-hybridized carbons (Fsp3) is 0.520. The Balaban J connectivity index is 2.00. The molecular weight excluding hydrogens is 314 g/mol. The standard InChI is InChI=1S/C25H33N/c1-24(2)20-15-9-10-16-21(20)26(5)22-17-11-14-19(23(22)25(24,3)4)18-12-7-6-8-13-18/h9-11,14-18H,6-8,12-13H2,1-5H3. The van der Waals surface area contributed by atoms with Gasteiger partial charge in [-0.25, -0.2) is 0 Å². The van der Waals surface area contributed by atoms with Gasteiger partial charge in [0.1, 0.15) is 0 Å². The van der Waals surface area contributed by atoms with Crippen LogP contribution in [0.2, 0.25) is 0 Å². The highest BCUT2D eigenvalue weighted by Crippen LogP contribution is 2.55. The molecule has 0 bridgehead atoms. The van der Waals surface area contributed by atoms with Crippen LogP contribution in [0.25, 0.3) is 0 Å². The fourth-order valence-electron chi connectivity index (χ4n) is 5.35. The molecule has 26 heavy (non-hydrogen) atoms. The van der Waals surface area contributed by atoms with Crippen molar-refractivity contribution in [3.63, 3.8) is 0 Å². The van der Waals surface area contributed by atoms with Gasteiger partial charge in [0.2, 0.25) is 0 Å². The molecule has 0 saturated heterocycles. The summed E-state index contributed by atoms with van der Waals surface area (Å²) in [5, 5.41) is 0. The zero-order valence-corrected chi connectivity index (χ0v) is 17.1. The minimum absolute atomic E-state index is 0.0634. The van der Waals surface area contributed by atoms with E-state index in [-0.39, 0.29) is 10.8 Å². The molecule has 138 valence electrons. The van der Waals surface area contributed by atoms with E-state index >= 15 is 0 Å². The van der Waals surface area contributed by atoms with E-state index in [4.69, 9.17) is 0 Å². The van der Waals surface area contributed by atoms with E-state index in [1.165, 1.54) is 49.0 Å². The topological polar surface area (TPSA) is 3.24 Å². The van der Waals surface area contributed by atoms with Crippen molar-refractivity contribution in [2.75, 3.05) is 11.9 Å². The van der Waals surface area contributed by atoms with Crippen molar-refractivity contribution in [2.45, 2.75) is 76.5 Å². The molecule has 4 rings (SSSR count). The zero-order chi connectivity index (χ0) is 18.5. The highest BCUT2D eigenvalue weighted by atomic mass is 15.1. The van der Waals surface area contributed by atoms with Crippen molar-refractivity contribution in [2.24, 2.45) is 0 Å². The van der Waals surface area contributed by atoms with Crippen molar-refractivity contribution in [3.8, 4) is 0 Å². The van der Waals surface area contributed by atoms with Crippen LogP contribution in [0.3, 0.4) is 0 Å². The molecule has 1 saturated carbocycles. The van der Waals surface area contributed by atoms with E-state index in [1.54, 1.807) is 11.1 Å². The van der Waals surface area contributed by atoms with Gasteiger partial charge >= 0.3 is 0 Å². The molecule has 0 atom stereocenters. The molecular formula is C25H33N. The van der Waals surface area contributed by atoms with Gasteiger partial charge in [-0.3, -0.25) is 0 Å². The van der Waals surface area contributed by atoms with Gasteiger partial charge in [-0.2, -0.15) is 0 Å². The van der Waals surface area contributed by atoms with Crippen molar-refractivity contribution >= 4 is 11.4 Å². The Morgan fingerprint density at radius 3 is 2.15 bits per heavy atom. The first-order valence-corrected chi connectivity index (χ1v) is 10.3. The second-order valence-electron chi connectivity index (χ2n) is 9.40. The van der Waals surface area contributed by atoms with Crippen LogP contribution in [0.1, 0.15) is 82.4 Å². The number of hydrogen-bond acceptors (Lipinski definition) is 1. The number of hydrogen-bond donors (Lipinski definition) is 0. The quantitative estimate of drug-likeness (QED) is 0.533. The molecule has 2 aliphatic rings. The molecule has 1 heterocycles. The minimum atomic E-state index is 0.0634. The Labute approximate surface area is 159 Å². The van der Waals surface area contributed by atoms with Crippen molar-refractivity contribution in [1.82, 2.24) is 0 Å². The van der Waals surface area contributed by atoms with Crippen LogP contribution in [0.5, 0.6) is 0 Å². The van der Waals surface area contributed by atoms with E-state index < -0.39 is 0 Å². The lowest BCUT2D eigenvalue weighted by atomic mass is 9.59. The lowest BCUT2D eigenvalue weighted by Crippen LogP contribution is -2.40. The lowest BCUT2D eigenvalue weighted by molar-refractivity contribution is 0.301. The van der Waals surface area contributed by atoms with Crippen LogP contribution in [0, 0.1) is 0 Å². The maximum atomic E-state index is 2.47. The Kier molecular flexibility index (Phi) is 4.17. The van der Waals surface area contributed by atoms with Gasteiger partial charge in [-0.05, 0) is 47.6 Å². The summed E-state index contributed by atoms with van der Waals surface area (Å²) in [5.74, 6) is 0.725. The summed E-state index contributed by atoms with van der Waals surface area (Å²) in [4.78, 5) is 2.44. The third-order valence-electron chi connectivity index (χ3n) is 7.61. The van der Waals surface area contributed by atoms with Gasteiger partial charge < -0.3 is 4.90 Å². The van der Waals surface area contributed by atoms with E-state index in [2.05, 4.69) is 82.1 Å². The molecule has 0 unspecified atom stereocenters. The summed E-state index contributed by atoms with van der Waals surface area (Å²) in [5.41, 5.74) is 7.53. The molecule has 0 spiro atoms. The van der Waals surface area contributed by atoms with E-state index in [9.17, 15) is 0 Å². The summed E-state index contributed by atoms with van der Waals surface area (Å²) < 4.78 is 0. The van der Waals surface area contributed by atoms with Crippen molar-refractivity contribution in [1.29, 1.82) is 0 Å². The number of para-hydroxylation sites is 1. The number of benzene rings is 2. The molecule has 0 radical (unpaired) electrons. The summed E-state index contributed by atoms with van der Waals surface area (Å²) in [7, 11) is 2.25. The SMILES string of the molecule is CN1c2ccccc2C(C)(C)C(C)(C)c2c(C3CCCCC3)cccc21. The third kappa shape index (κ3) is 2.43. The minimum Gasteiger partial charge on any atom is -0.344 e. The molecule has 1 aliphatic carbocycles. The van der Waals surface area contributed by atoms with Crippen LogP contribution >= 0.6 is 0 Å². The normalized spacial score (nSPS) is 21.7. The smallest absolute Gasteiger partial charge is 0.0449 e. The zero-order valence-electron chi connectivity index (χ0n) is 17.1. The second kappa shape index (κ2) is 6.15. The fourth-order valence-corrected chi connectivity index (χ4v) is 5.35. The summed E-state index contributed by atoms with van der Waals surface area (Å²) >= 11 is 0. The van der Waals surface area contributed by atoms with Gasteiger partial charge in [0.05, 0.1) is 0 Å². The number of fused-ring (bicyclic) bond motifs is 2. The third-order valence-corrected chi connectivity index (χ3v) is 7.61. The molecule has 0 N–H and O–H groups in total. The maximum absolute atomic E-state index is 2.47. The van der Waals surface area contributed by atoms with E-state index in [0.717, 1.165) is 5.92 Å². The molecule has 2 aromatic carbocycles. The summed E-state index contributed by atoms with van der Waals surface area (Å²) in [6.45, 7) is 9.81. The second-order valence-corrected chi connectivity index (χ2v) is 9.40. The predicted molar refractivity (Wildman–Crippen MR) is 113 cm³/mol. The Morgan fingerprint density at radius 1 is 0.769 bits per heavy atom. The lowest BCUT2D eigenvalue weighted by Gasteiger charge is -2.44. The van der Waals surface area contributed by atoms with Crippen molar-refractivity contribution < 1.29 is 0 Å². The van der Waals surface area contributed by atoms with Gasteiger partial charge in [0.15, 0.2) is 0 Å². The monoisotopic (exact) mass is 347 g/mol. The summed E-state index contributed by atoms with van der Waals surface area (Å²) in [6, 6.07) is 16.0. The van der Waals surface area contributed by atoms with E-state index in [1.807, 2.05) is 0 Å². The average molecular weight is 348 g/mol. The maximum Gasteiger partial charge on any atom is 0.0449 e. The van der Waals surface area contributed by atoms with Crippen LogP contribution in [0.15, 0.2) is 42.5 Å². The first kappa shape index (κ1) is 17.6. The average Bonchev–Trinajstić information content (AvgIpc) is 2.71. The van der Waals surface area contributed by atoms with Gasteiger partial charge in [-0.1, -0.05) is 77.3 Å². The van der Waals surface area contributed by atoms with Crippen molar-refractivity contribution in [3.05, 3.63) is 59.2 Å². The van der Waals surface area contributed by atoms with Crippen LogP contribution in [-0.2, 0) is 10.8 Å². The van der Waals surface area contributed by atoms with Gasteiger partial charge in [0.25, 0.3) is 0 Å². The number of rotatable bonds is 1. The van der Waals surface area contributed by atoms with E-state index in [0.29, 0.717) is 0 Å². The number of anilines is 2. The predicted octanol–water partition coefficient (Wildman–Crippen LogP) is 7.07. The molecule has 1 nitrogen and oxygen atoms in total. The van der Waals surface area contributed by atoms with Gasteiger partial charge in [0, 0.05) is 29.3 Å². The molecule has 1 fully saturated rings. The molecule has 0 amide bonds. The largest absolute Gasteiger partial charge is 0.344 e. The van der Waals surface area contributed by atoms with Gasteiger partial charge in [-0.15, -0.1) is 0 Å². The Hall–Kier alpha value is -1.76. The Bertz CT molecular complexity index is 809. The highest BCUT2D eigenvalue weighted by Gasteiger charge is 2.46. The van der Waals surface area contributed by atoms with Crippen LogP contribution in [0.4, 0.5) is 11.4 Å². The van der Waals surface area contributed by atoms with Crippen LogP contribution in [-0.4, -0.2) is 7.05 Å². The molecule has 0 aromatic heterocycles. The van der Waals surface area contributed by atoms with Crippen LogP contribution < -0.4 is 4.90 Å². The first-order valence-electron chi connectivity index (χ1n) is 10.3. The molecule has 1 aliphatic heterocycles. The Morgan fingerprint density at radius 2 is 1.42 bits per heavy atom. The molecule has 1 heteroatoms. The first-order chi connectivity index (χ1) is 12.4.